The minimum Gasteiger partial charge on any atom is -0.374 e. The summed E-state index contributed by atoms with van der Waals surface area (Å²) < 4.78 is 5.74. The third-order valence-electron chi connectivity index (χ3n) is 4.19. The molecule has 106 valence electrons. The zero-order valence-corrected chi connectivity index (χ0v) is 12.1. The van der Waals surface area contributed by atoms with E-state index < -0.39 is 0 Å². The summed E-state index contributed by atoms with van der Waals surface area (Å²) in [6.07, 6.45) is 3.43. The van der Waals surface area contributed by atoms with Crippen molar-refractivity contribution >= 4 is 23.1 Å². The van der Waals surface area contributed by atoms with Crippen LogP contribution in [0, 0.1) is 0 Å². The monoisotopic (exact) mass is 291 g/mol. The van der Waals surface area contributed by atoms with E-state index in [0.717, 1.165) is 24.8 Å². The molecular formula is C16H18ClNO2. The molecule has 0 bridgehead atoms. The van der Waals surface area contributed by atoms with Crippen LogP contribution in [0.3, 0.4) is 0 Å². The number of morpholine rings is 1. The van der Waals surface area contributed by atoms with Gasteiger partial charge in [-0.2, -0.15) is 0 Å². The number of benzene rings is 1. The molecule has 1 saturated heterocycles. The first-order valence-corrected chi connectivity index (χ1v) is 7.42. The Labute approximate surface area is 124 Å². The highest BCUT2D eigenvalue weighted by Crippen LogP contribution is 2.31. The van der Waals surface area contributed by atoms with Crippen molar-refractivity contribution < 1.29 is 9.53 Å². The molecule has 20 heavy (non-hydrogen) atoms. The van der Waals surface area contributed by atoms with E-state index in [1.54, 1.807) is 12.1 Å². The molecule has 0 unspecified atom stereocenters. The Morgan fingerprint density at radius 3 is 2.80 bits per heavy atom. The number of hydrogen-bond donors (Lipinski definition) is 0. The summed E-state index contributed by atoms with van der Waals surface area (Å²) in [5.41, 5.74) is 1.37. The van der Waals surface area contributed by atoms with Gasteiger partial charge in [0.1, 0.15) is 0 Å². The molecule has 2 fully saturated rings. The van der Waals surface area contributed by atoms with Crippen molar-refractivity contribution in [2.24, 2.45) is 0 Å². The molecule has 1 heterocycles. The Hall–Kier alpha value is -1.32. The number of halogens is 1. The lowest BCUT2D eigenvalue weighted by Crippen LogP contribution is -2.51. The quantitative estimate of drug-likeness (QED) is 0.784. The number of amides is 1. The zero-order valence-electron chi connectivity index (χ0n) is 11.3. The number of carbonyl (C=O) groups is 1. The second-order valence-electron chi connectivity index (χ2n) is 5.39. The van der Waals surface area contributed by atoms with Crippen LogP contribution >= 0.6 is 11.6 Å². The van der Waals surface area contributed by atoms with E-state index in [2.05, 4.69) is 6.58 Å². The molecule has 2 atom stereocenters. The Bertz CT molecular complexity index is 526. The number of carbonyl (C=O) groups excluding carboxylic acids is 1. The molecule has 0 spiro atoms. The fraction of sp³-hybridized carbons (Fsp3) is 0.438. The average molecular weight is 292 g/mol. The first-order chi connectivity index (χ1) is 9.66. The normalized spacial score (nSPS) is 25.4. The highest BCUT2D eigenvalue weighted by atomic mass is 35.5. The Morgan fingerprint density at radius 2 is 2.05 bits per heavy atom. The minimum atomic E-state index is 0.0209. The van der Waals surface area contributed by atoms with Gasteiger partial charge in [-0.05, 0) is 37.0 Å². The predicted molar refractivity (Wildman–Crippen MR) is 79.6 cm³/mol. The largest absolute Gasteiger partial charge is 0.374 e. The minimum absolute atomic E-state index is 0.0209. The summed E-state index contributed by atoms with van der Waals surface area (Å²) >= 11 is 5.88. The van der Waals surface area contributed by atoms with Crippen molar-refractivity contribution in [3.8, 4) is 0 Å². The summed E-state index contributed by atoms with van der Waals surface area (Å²) in [6.45, 7) is 5.25. The highest BCUT2D eigenvalue weighted by molar-refractivity contribution is 6.30. The van der Waals surface area contributed by atoms with Gasteiger partial charge >= 0.3 is 0 Å². The fourth-order valence-corrected chi connectivity index (χ4v) is 3.25. The van der Waals surface area contributed by atoms with Gasteiger partial charge in [0.15, 0.2) is 0 Å². The number of fused-ring (bicyclic) bond motifs is 1. The van der Waals surface area contributed by atoms with E-state index >= 15 is 0 Å². The molecule has 0 N–H and O–H groups in total. The standard InChI is InChI=1S/C16H18ClNO2/c1-11(12-5-7-13(17)8-6-12)16(19)18-9-10-20-15-4-2-3-14(15)18/h5-8,14-15H,1-4,9-10H2/t14-,15+/m0/s1. The van der Waals surface area contributed by atoms with Crippen LogP contribution < -0.4 is 0 Å². The van der Waals surface area contributed by atoms with Gasteiger partial charge in [0.25, 0.3) is 5.91 Å². The lowest BCUT2D eigenvalue weighted by atomic mass is 10.0. The van der Waals surface area contributed by atoms with Crippen molar-refractivity contribution in [2.75, 3.05) is 13.2 Å². The molecule has 1 aromatic rings. The molecule has 3 nitrogen and oxygen atoms in total. The molecule has 0 radical (unpaired) electrons. The van der Waals surface area contributed by atoms with E-state index in [0.29, 0.717) is 23.7 Å². The van der Waals surface area contributed by atoms with Gasteiger partial charge in [0.05, 0.1) is 18.8 Å². The first kappa shape index (κ1) is 13.7. The Kier molecular flexibility index (Phi) is 3.81. The molecule has 3 rings (SSSR count). The fourth-order valence-electron chi connectivity index (χ4n) is 3.13. The van der Waals surface area contributed by atoms with Crippen LogP contribution in [0.5, 0.6) is 0 Å². The Morgan fingerprint density at radius 1 is 1.30 bits per heavy atom. The van der Waals surface area contributed by atoms with Gasteiger partial charge in [0, 0.05) is 17.1 Å². The van der Waals surface area contributed by atoms with Crippen molar-refractivity contribution in [1.82, 2.24) is 4.90 Å². The summed E-state index contributed by atoms with van der Waals surface area (Å²) in [5.74, 6) is 0.0209. The third-order valence-corrected chi connectivity index (χ3v) is 4.45. The van der Waals surface area contributed by atoms with Crippen LogP contribution in [0.4, 0.5) is 0 Å². The summed E-state index contributed by atoms with van der Waals surface area (Å²) in [6, 6.07) is 7.48. The zero-order chi connectivity index (χ0) is 14.1. The van der Waals surface area contributed by atoms with Crippen LogP contribution in [-0.4, -0.2) is 36.1 Å². The van der Waals surface area contributed by atoms with E-state index in [1.807, 2.05) is 17.0 Å². The molecule has 0 aromatic heterocycles. The van der Waals surface area contributed by atoms with Crippen molar-refractivity contribution in [2.45, 2.75) is 31.4 Å². The number of nitrogens with zero attached hydrogens (tertiary/aromatic N) is 1. The molecule has 1 amide bonds. The van der Waals surface area contributed by atoms with E-state index in [4.69, 9.17) is 16.3 Å². The number of rotatable bonds is 2. The highest BCUT2D eigenvalue weighted by Gasteiger charge is 2.38. The van der Waals surface area contributed by atoms with Gasteiger partial charge < -0.3 is 9.64 Å². The lowest BCUT2D eigenvalue weighted by molar-refractivity contribution is -0.137. The molecule has 1 aliphatic heterocycles. The van der Waals surface area contributed by atoms with Crippen LogP contribution in [-0.2, 0) is 9.53 Å². The molecular weight excluding hydrogens is 274 g/mol. The summed E-state index contributed by atoms with van der Waals surface area (Å²) in [4.78, 5) is 14.6. The van der Waals surface area contributed by atoms with Crippen molar-refractivity contribution in [1.29, 1.82) is 0 Å². The SMILES string of the molecule is C=C(C(=O)N1CCO[C@@H]2CCC[C@@H]21)c1ccc(Cl)cc1. The Balaban J connectivity index is 1.77. The average Bonchev–Trinajstić information content (AvgIpc) is 2.95. The van der Waals surface area contributed by atoms with Gasteiger partial charge in [-0.1, -0.05) is 30.3 Å². The second-order valence-corrected chi connectivity index (χ2v) is 5.83. The van der Waals surface area contributed by atoms with Gasteiger partial charge in [0.2, 0.25) is 0 Å². The van der Waals surface area contributed by atoms with Crippen LogP contribution in [0.25, 0.3) is 5.57 Å². The third kappa shape index (κ3) is 2.48. The molecule has 2 aliphatic rings. The second kappa shape index (κ2) is 5.58. The van der Waals surface area contributed by atoms with Crippen LogP contribution in [0.1, 0.15) is 24.8 Å². The van der Waals surface area contributed by atoms with Crippen molar-refractivity contribution in [3.63, 3.8) is 0 Å². The molecule has 1 aromatic carbocycles. The molecule has 1 saturated carbocycles. The maximum atomic E-state index is 12.7. The summed E-state index contributed by atoms with van der Waals surface area (Å²) in [7, 11) is 0. The van der Waals surface area contributed by atoms with Gasteiger partial charge in [-0.15, -0.1) is 0 Å². The van der Waals surface area contributed by atoms with Gasteiger partial charge in [-0.3, -0.25) is 4.79 Å². The summed E-state index contributed by atoms with van der Waals surface area (Å²) in [5, 5.41) is 0.663. The number of hydrogen-bond acceptors (Lipinski definition) is 2. The maximum absolute atomic E-state index is 12.7. The van der Waals surface area contributed by atoms with E-state index in [1.165, 1.54) is 0 Å². The van der Waals surface area contributed by atoms with Gasteiger partial charge in [-0.25, -0.2) is 0 Å². The van der Waals surface area contributed by atoms with E-state index in [-0.39, 0.29) is 18.1 Å². The lowest BCUT2D eigenvalue weighted by Gasteiger charge is -2.38. The predicted octanol–water partition coefficient (Wildman–Crippen LogP) is 3.13. The topological polar surface area (TPSA) is 29.5 Å². The number of ether oxygens (including phenoxy) is 1. The van der Waals surface area contributed by atoms with Crippen molar-refractivity contribution in [3.05, 3.63) is 41.4 Å². The molecule has 4 heteroatoms. The first-order valence-electron chi connectivity index (χ1n) is 7.04. The smallest absolute Gasteiger partial charge is 0.254 e. The van der Waals surface area contributed by atoms with E-state index in [9.17, 15) is 4.79 Å². The maximum Gasteiger partial charge on any atom is 0.254 e. The van der Waals surface area contributed by atoms with Crippen LogP contribution in [0.15, 0.2) is 30.8 Å². The molecule has 1 aliphatic carbocycles. The van der Waals surface area contributed by atoms with Crippen LogP contribution in [0.2, 0.25) is 5.02 Å².